The molecular weight excluding hydrogens is 700 g/mol. The molecule has 3 N–H and O–H groups in total. The number of cyclic esters (lactones) is 2. The minimum absolute atomic E-state index is 0.00493. The molecule has 5 rings (SSSR count). The molecule has 1 spiro atoms. The van der Waals surface area contributed by atoms with Crippen LogP contribution in [0.4, 0.5) is 4.79 Å². The molecule has 0 amide bonds. The summed E-state index contributed by atoms with van der Waals surface area (Å²) in [5.74, 6) is -2.80. The average molecular weight is 757 g/mol. The van der Waals surface area contributed by atoms with Crippen molar-refractivity contribution >= 4 is 17.9 Å². The van der Waals surface area contributed by atoms with Gasteiger partial charge in [-0.15, -0.1) is 0 Å². The molecule has 4 fully saturated rings. The highest BCUT2D eigenvalue weighted by molar-refractivity contribution is 5.96. The molecule has 0 aromatic carbocycles. The second kappa shape index (κ2) is 16.7. The first-order valence-electron chi connectivity index (χ1n) is 18.3. The van der Waals surface area contributed by atoms with Gasteiger partial charge in [0.05, 0.1) is 31.0 Å². The minimum Gasteiger partial charge on any atom is -0.459 e. The first-order chi connectivity index (χ1) is 24.9. The second-order valence-electron chi connectivity index (χ2n) is 15.3. The first-order valence-corrected chi connectivity index (χ1v) is 18.3. The van der Waals surface area contributed by atoms with Crippen LogP contribution in [0.2, 0.25) is 0 Å². The van der Waals surface area contributed by atoms with Gasteiger partial charge in [-0.05, 0) is 59.1 Å². The van der Waals surface area contributed by atoms with Crippen LogP contribution >= 0.6 is 0 Å². The Morgan fingerprint density at radius 2 is 1.53 bits per heavy atom. The van der Waals surface area contributed by atoms with Crippen molar-refractivity contribution in [3.05, 3.63) is 24.3 Å². The van der Waals surface area contributed by atoms with Gasteiger partial charge in [0, 0.05) is 38.6 Å². The van der Waals surface area contributed by atoms with Crippen LogP contribution in [-0.2, 0) is 57.0 Å². The van der Waals surface area contributed by atoms with E-state index in [1.807, 2.05) is 0 Å². The number of ether oxygens (including phenoxy) is 10. The van der Waals surface area contributed by atoms with E-state index in [1.165, 1.54) is 33.3 Å². The van der Waals surface area contributed by atoms with Crippen LogP contribution in [0.1, 0.15) is 61.3 Å². The van der Waals surface area contributed by atoms with Crippen molar-refractivity contribution in [3.8, 4) is 0 Å². The van der Waals surface area contributed by atoms with Crippen LogP contribution < -0.4 is 0 Å². The molecule has 0 aromatic rings. The molecular formula is C37H56O16. The Morgan fingerprint density at radius 1 is 0.830 bits per heavy atom. The fourth-order valence-corrected chi connectivity index (χ4v) is 8.04. The second-order valence-corrected chi connectivity index (χ2v) is 15.3. The van der Waals surface area contributed by atoms with Gasteiger partial charge in [0.2, 0.25) is 0 Å². The molecule has 0 radical (unpaired) electrons. The van der Waals surface area contributed by atoms with E-state index in [0.29, 0.717) is 0 Å². The van der Waals surface area contributed by atoms with Crippen LogP contribution in [0.15, 0.2) is 24.3 Å². The maximum absolute atomic E-state index is 13.4. The summed E-state index contributed by atoms with van der Waals surface area (Å²) in [7, 11) is 2.92. The van der Waals surface area contributed by atoms with Gasteiger partial charge in [0.15, 0.2) is 24.0 Å². The molecule has 300 valence electrons. The van der Waals surface area contributed by atoms with Crippen LogP contribution in [0.5, 0.6) is 0 Å². The number of hydrogen-bond acceptors (Lipinski definition) is 16. The standard InChI is InChI=1S/C37H56O16/c1-17-10-13-26(39)48-20(4)23(16-46-33-31(45-9)30(44-8)27(40)21(5)49-33)29-24(51-29)11-12-25(38)36(7,43)14-18(2)28(17)52-34-32(41)37(15-19(3)47-34)22(6)50-35(42)53-37/h10-13,17-24,27-34,40-41,43H,14-16H2,1-9H3/b12-11+,13-10+/t17-,18+,19+,20-,21-,22-,23+,24+,27+,28-,29+,30+,31-,32-,33+,34+,36+,37-/m0/s1. The summed E-state index contributed by atoms with van der Waals surface area (Å²) >= 11 is 0. The van der Waals surface area contributed by atoms with E-state index in [1.54, 1.807) is 53.7 Å². The SMILES string of the molecule is CO[C@@H]1[C@H](OC[C@H]2[C@H]3O[C@@H]3/C=C/C(=O)[C@](C)(O)C[C@@H](C)[C@@H](O[C@H]3O[C@H](C)C[C@@]4(OC(=O)O[C@H]4C)[C@H]3O)[C@@H](C)/C=C/C(=O)O[C@H]2C)O[C@@H](C)[C@@H](O)[C@H]1OC. The summed E-state index contributed by atoms with van der Waals surface area (Å²) in [5.41, 5.74) is -3.23. The molecule has 0 saturated carbocycles. The van der Waals surface area contributed by atoms with Crippen LogP contribution in [0.25, 0.3) is 0 Å². The Balaban J connectivity index is 1.37. The Hall–Kier alpha value is -2.51. The molecule has 53 heavy (non-hydrogen) atoms. The molecule has 16 nitrogen and oxygen atoms in total. The number of hydrogen-bond donors (Lipinski definition) is 3. The highest BCUT2D eigenvalue weighted by atomic mass is 16.8. The van der Waals surface area contributed by atoms with Crippen molar-refractivity contribution in [3.63, 3.8) is 0 Å². The number of aliphatic hydroxyl groups is 3. The number of methoxy groups -OCH3 is 2. The molecule has 0 bridgehead atoms. The lowest BCUT2D eigenvalue weighted by molar-refractivity contribution is -0.309. The Bertz CT molecular complexity index is 1370. The number of carbonyl (C=O) groups is 3. The smallest absolute Gasteiger partial charge is 0.459 e. The van der Waals surface area contributed by atoms with Crippen LogP contribution in [0.3, 0.4) is 0 Å². The van der Waals surface area contributed by atoms with E-state index >= 15 is 0 Å². The van der Waals surface area contributed by atoms with E-state index in [2.05, 4.69) is 0 Å². The number of epoxide rings is 1. The number of rotatable bonds is 7. The maximum Gasteiger partial charge on any atom is 0.509 e. The van der Waals surface area contributed by atoms with Gasteiger partial charge in [0.1, 0.15) is 48.3 Å². The number of ketones is 1. The average Bonchev–Trinajstić information content (AvgIpc) is 3.79. The fourth-order valence-electron chi connectivity index (χ4n) is 8.04. The van der Waals surface area contributed by atoms with Crippen molar-refractivity contribution in [2.24, 2.45) is 17.8 Å². The highest BCUT2D eigenvalue weighted by Crippen LogP contribution is 2.43. The Morgan fingerprint density at radius 3 is 2.17 bits per heavy atom. The van der Waals surface area contributed by atoms with Gasteiger partial charge in [-0.1, -0.05) is 19.9 Å². The number of esters is 1. The van der Waals surface area contributed by atoms with E-state index in [4.69, 9.17) is 47.4 Å². The lowest BCUT2D eigenvalue weighted by Gasteiger charge is -2.46. The van der Waals surface area contributed by atoms with Gasteiger partial charge in [-0.2, -0.15) is 0 Å². The third-order valence-corrected chi connectivity index (χ3v) is 11.2. The van der Waals surface area contributed by atoms with E-state index in [0.717, 1.165) is 0 Å². The molecule has 16 heteroatoms. The zero-order valence-corrected chi connectivity index (χ0v) is 31.8. The fraction of sp³-hybridized carbons (Fsp3) is 0.811. The van der Waals surface area contributed by atoms with E-state index in [9.17, 15) is 29.7 Å². The molecule has 4 saturated heterocycles. The summed E-state index contributed by atoms with van der Waals surface area (Å²) in [6, 6.07) is 0. The molecule has 0 aliphatic carbocycles. The zero-order chi connectivity index (χ0) is 39.0. The number of fused-ring (bicyclic) bond motifs is 1. The van der Waals surface area contributed by atoms with Crippen molar-refractivity contribution in [1.29, 1.82) is 0 Å². The topological polar surface area (TPSA) is 207 Å². The quantitative estimate of drug-likeness (QED) is 0.250. The summed E-state index contributed by atoms with van der Waals surface area (Å²) in [4.78, 5) is 38.8. The van der Waals surface area contributed by atoms with Crippen molar-refractivity contribution in [2.45, 2.75) is 152 Å². The molecule has 5 aliphatic heterocycles. The molecule has 0 unspecified atom stereocenters. The number of aliphatic hydroxyl groups excluding tert-OH is 2. The zero-order valence-electron chi connectivity index (χ0n) is 31.8. The third kappa shape index (κ3) is 8.98. The van der Waals surface area contributed by atoms with Gasteiger partial charge in [-0.3, -0.25) is 4.79 Å². The first kappa shape index (κ1) is 41.6. The maximum atomic E-state index is 13.4. The molecule has 18 atom stereocenters. The van der Waals surface area contributed by atoms with Crippen LogP contribution in [0, 0.1) is 17.8 Å². The van der Waals surface area contributed by atoms with Gasteiger partial charge in [0.25, 0.3) is 0 Å². The Labute approximate surface area is 309 Å². The number of carbonyl (C=O) groups excluding carboxylic acids is 3. The normalized spacial score (nSPS) is 49.4. The van der Waals surface area contributed by atoms with E-state index < -0.39 is 127 Å². The third-order valence-electron chi connectivity index (χ3n) is 11.2. The monoisotopic (exact) mass is 756 g/mol. The lowest BCUT2D eigenvalue weighted by Crippen LogP contribution is -2.62. The van der Waals surface area contributed by atoms with Gasteiger partial charge in [-0.25, -0.2) is 9.59 Å². The predicted molar refractivity (Wildman–Crippen MR) is 182 cm³/mol. The van der Waals surface area contributed by atoms with E-state index in [-0.39, 0.29) is 19.4 Å². The van der Waals surface area contributed by atoms with Crippen molar-refractivity contribution in [2.75, 3.05) is 20.8 Å². The summed E-state index contributed by atoms with van der Waals surface area (Å²) in [5, 5.41) is 33.5. The summed E-state index contributed by atoms with van der Waals surface area (Å²) in [6.45, 7) is 11.8. The molecule has 5 heterocycles. The summed E-state index contributed by atoms with van der Waals surface area (Å²) in [6.07, 6.45) is -5.61. The highest BCUT2D eigenvalue weighted by Gasteiger charge is 2.61. The lowest BCUT2D eigenvalue weighted by atomic mass is 9.81. The summed E-state index contributed by atoms with van der Waals surface area (Å²) < 4.78 is 58.1. The molecule has 5 aliphatic rings. The predicted octanol–water partition coefficient (Wildman–Crippen LogP) is 1.74. The van der Waals surface area contributed by atoms with Crippen molar-refractivity contribution in [1.82, 2.24) is 0 Å². The Kier molecular flexibility index (Phi) is 13.1. The van der Waals surface area contributed by atoms with Gasteiger partial charge < -0.3 is 62.7 Å². The largest absolute Gasteiger partial charge is 0.509 e. The minimum atomic E-state index is -1.83. The van der Waals surface area contributed by atoms with Gasteiger partial charge >= 0.3 is 12.1 Å². The van der Waals surface area contributed by atoms with Crippen LogP contribution in [-0.4, -0.2) is 145 Å². The van der Waals surface area contributed by atoms with Crippen molar-refractivity contribution < 1.29 is 77.1 Å². The molecule has 0 aromatic heterocycles.